The number of hydrogen-bond donors (Lipinski definition) is 1. The first-order chi connectivity index (χ1) is 16.0. The summed E-state index contributed by atoms with van der Waals surface area (Å²) in [5, 5.41) is 14.4. The minimum absolute atomic E-state index is 0.0886. The van der Waals surface area contributed by atoms with Gasteiger partial charge in [-0.15, -0.1) is 11.3 Å². The highest BCUT2D eigenvalue weighted by molar-refractivity contribution is 7.09. The van der Waals surface area contributed by atoms with Gasteiger partial charge in [0, 0.05) is 41.8 Å². The van der Waals surface area contributed by atoms with Crippen molar-refractivity contribution in [1.82, 2.24) is 14.9 Å². The number of aryl methyl sites for hydroxylation is 1. The summed E-state index contributed by atoms with van der Waals surface area (Å²) in [5.41, 5.74) is 0.928. The molecule has 0 spiro atoms. The fourth-order valence-electron chi connectivity index (χ4n) is 4.76. The number of benzene rings is 1. The number of halogens is 2. The fourth-order valence-corrected chi connectivity index (χ4v) is 5.69. The summed E-state index contributed by atoms with van der Waals surface area (Å²) in [4.78, 5) is 11.1. The van der Waals surface area contributed by atoms with Crippen LogP contribution in [0.15, 0.2) is 36.0 Å². The van der Waals surface area contributed by atoms with Crippen LogP contribution < -0.4 is 4.74 Å². The highest BCUT2D eigenvalue weighted by Crippen LogP contribution is 2.41. The number of likely N-dealkylation sites (tertiary alicyclic amines) is 1. The highest BCUT2D eigenvalue weighted by atomic mass is 35.5. The van der Waals surface area contributed by atoms with Crippen LogP contribution in [0.25, 0.3) is 10.9 Å². The topological polar surface area (TPSA) is 58.5 Å². The van der Waals surface area contributed by atoms with Crippen LogP contribution in [0.1, 0.15) is 48.8 Å². The lowest BCUT2D eigenvalue weighted by Gasteiger charge is -2.41. The number of aromatic nitrogens is 2. The first kappa shape index (κ1) is 24.3. The summed E-state index contributed by atoms with van der Waals surface area (Å²) in [7, 11) is 1.59. The molecule has 1 saturated heterocycles. The van der Waals surface area contributed by atoms with Crippen LogP contribution in [0.2, 0.25) is 5.02 Å². The van der Waals surface area contributed by atoms with Gasteiger partial charge < -0.3 is 14.7 Å². The van der Waals surface area contributed by atoms with Gasteiger partial charge in [0.1, 0.15) is 11.9 Å². The van der Waals surface area contributed by atoms with E-state index in [4.69, 9.17) is 16.3 Å². The van der Waals surface area contributed by atoms with Gasteiger partial charge >= 0.3 is 0 Å². The Morgan fingerprint density at radius 1 is 1.30 bits per heavy atom. The average molecular weight is 492 g/mol. The lowest BCUT2D eigenvalue weighted by Crippen LogP contribution is -2.42. The van der Waals surface area contributed by atoms with Crippen molar-refractivity contribution in [3.63, 3.8) is 0 Å². The largest absolute Gasteiger partial charge is 0.497 e. The second-order valence-electron chi connectivity index (χ2n) is 8.94. The molecule has 0 aliphatic carbocycles. The zero-order valence-electron chi connectivity index (χ0n) is 19.0. The maximum atomic E-state index is 15.6. The molecule has 0 saturated carbocycles. The van der Waals surface area contributed by atoms with Gasteiger partial charge in [-0.1, -0.05) is 11.6 Å². The Balaban J connectivity index is 1.35. The Labute approximate surface area is 203 Å². The average Bonchev–Trinajstić information content (AvgIpc) is 3.36. The summed E-state index contributed by atoms with van der Waals surface area (Å²) in [6.45, 7) is 3.00. The number of alkyl halides is 1. The number of hydrogen-bond acceptors (Lipinski definition) is 6. The number of aliphatic hydroxyl groups excluding tert-OH is 1. The molecule has 2 aromatic heterocycles. The fraction of sp³-hybridized carbons (Fsp3) is 0.520. The van der Waals surface area contributed by atoms with Crippen LogP contribution in [0.3, 0.4) is 0 Å². The SMILES string of the molecule is COc1ccc2ncc(Cl)c(C(F)CCC3(CO)CCN(CCCc4nccs4)CC3)c2c1. The molecule has 1 aromatic carbocycles. The summed E-state index contributed by atoms with van der Waals surface area (Å²) in [6.07, 6.45) is 6.95. The lowest BCUT2D eigenvalue weighted by molar-refractivity contribution is 0.0300. The van der Waals surface area contributed by atoms with Crippen LogP contribution in [-0.4, -0.2) is 53.3 Å². The van der Waals surface area contributed by atoms with Crippen LogP contribution in [0, 0.1) is 5.41 Å². The Kier molecular flexibility index (Phi) is 8.17. The second kappa shape index (κ2) is 11.1. The van der Waals surface area contributed by atoms with E-state index >= 15 is 4.39 Å². The molecule has 178 valence electrons. The predicted octanol–water partition coefficient (Wildman–Crippen LogP) is 5.85. The van der Waals surface area contributed by atoms with Crippen molar-refractivity contribution >= 4 is 33.8 Å². The van der Waals surface area contributed by atoms with Crippen LogP contribution >= 0.6 is 22.9 Å². The van der Waals surface area contributed by atoms with Gasteiger partial charge in [0.25, 0.3) is 0 Å². The molecule has 33 heavy (non-hydrogen) atoms. The van der Waals surface area contributed by atoms with Crippen LogP contribution in [-0.2, 0) is 6.42 Å². The molecule has 0 radical (unpaired) electrons. The number of nitrogens with zero attached hydrogens (tertiary/aromatic N) is 3. The normalized spacial score (nSPS) is 17.3. The van der Waals surface area contributed by atoms with E-state index in [1.54, 1.807) is 24.5 Å². The summed E-state index contributed by atoms with van der Waals surface area (Å²) < 4.78 is 20.9. The first-order valence-electron chi connectivity index (χ1n) is 11.5. The van der Waals surface area contributed by atoms with E-state index in [-0.39, 0.29) is 12.0 Å². The maximum Gasteiger partial charge on any atom is 0.127 e. The van der Waals surface area contributed by atoms with Gasteiger partial charge in [0.15, 0.2) is 0 Å². The third-order valence-electron chi connectivity index (χ3n) is 6.91. The maximum absolute atomic E-state index is 15.6. The summed E-state index contributed by atoms with van der Waals surface area (Å²) >= 11 is 8.09. The first-order valence-corrected chi connectivity index (χ1v) is 12.8. The number of ether oxygens (including phenoxy) is 1. The minimum Gasteiger partial charge on any atom is -0.497 e. The van der Waals surface area contributed by atoms with Crippen molar-refractivity contribution in [2.75, 3.05) is 33.4 Å². The van der Waals surface area contributed by atoms with Crippen molar-refractivity contribution in [3.8, 4) is 5.75 Å². The van der Waals surface area contributed by atoms with Gasteiger partial charge in [0.2, 0.25) is 0 Å². The molecule has 1 fully saturated rings. The number of methoxy groups -OCH3 is 1. The second-order valence-corrected chi connectivity index (χ2v) is 10.3. The van der Waals surface area contributed by atoms with Gasteiger partial charge in [-0.2, -0.15) is 0 Å². The molecule has 1 aliphatic rings. The molecule has 5 nitrogen and oxygen atoms in total. The number of piperidine rings is 1. The van der Waals surface area contributed by atoms with Gasteiger partial charge in [0.05, 0.1) is 22.7 Å². The molecule has 3 heterocycles. The summed E-state index contributed by atoms with van der Waals surface area (Å²) in [5.74, 6) is 0.647. The molecular weight excluding hydrogens is 461 g/mol. The van der Waals surface area contributed by atoms with E-state index in [1.165, 1.54) is 11.2 Å². The standard InChI is InChI=1S/C25H31ClFN3O2S/c1-32-18-4-5-22-19(15-18)24(20(26)16-29-22)21(27)6-7-25(17-31)8-12-30(13-9-25)11-2-3-23-28-10-14-33-23/h4-5,10,14-16,21,31H,2-3,6-9,11-13,17H2,1H3. The van der Waals surface area contributed by atoms with Gasteiger partial charge in [-0.25, -0.2) is 9.37 Å². The number of pyridine rings is 1. The molecule has 1 aliphatic heterocycles. The third-order valence-corrected chi connectivity index (χ3v) is 8.05. The molecule has 4 rings (SSSR count). The minimum atomic E-state index is -1.23. The van der Waals surface area contributed by atoms with Crippen molar-refractivity contribution < 1.29 is 14.2 Å². The monoisotopic (exact) mass is 491 g/mol. The lowest BCUT2D eigenvalue weighted by atomic mass is 9.74. The smallest absolute Gasteiger partial charge is 0.127 e. The van der Waals surface area contributed by atoms with Crippen LogP contribution in [0.4, 0.5) is 4.39 Å². The molecule has 0 bridgehead atoms. The Bertz CT molecular complexity index is 1040. The molecule has 0 amide bonds. The number of thiazole rings is 1. The van der Waals surface area contributed by atoms with Crippen LogP contribution in [0.5, 0.6) is 5.75 Å². The number of rotatable bonds is 10. The van der Waals surface area contributed by atoms with Crippen molar-refractivity contribution in [2.24, 2.45) is 5.41 Å². The molecule has 1 unspecified atom stereocenters. The van der Waals surface area contributed by atoms with E-state index in [2.05, 4.69) is 14.9 Å². The third kappa shape index (κ3) is 5.83. The molecule has 1 N–H and O–H groups in total. The Hall–Kier alpha value is -1.80. The molecule has 8 heteroatoms. The van der Waals surface area contributed by atoms with Crippen molar-refractivity contribution in [1.29, 1.82) is 0 Å². The number of aliphatic hydroxyl groups is 1. The van der Waals surface area contributed by atoms with Crippen molar-refractivity contribution in [2.45, 2.75) is 44.7 Å². The van der Waals surface area contributed by atoms with E-state index in [0.29, 0.717) is 40.1 Å². The predicted molar refractivity (Wildman–Crippen MR) is 132 cm³/mol. The Morgan fingerprint density at radius 2 is 2.12 bits per heavy atom. The number of fused-ring (bicyclic) bond motifs is 1. The highest BCUT2D eigenvalue weighted by Gasteiger charge is 2.35. The van der Waals surface area contributed by atoms with E-state index in [0.717, 1.165) is 45.3 Å². The zero-order chi connectivity index (χ0) is 23.3. The van der Waals surface area contributed by atoms with E-state index in [1.807, 2.05) is 23.7 Å². The van der Waals surface area contributed by atoms with Crippen molar-refractivity contribution in [3.05, 3.63) is 51.6 Å². The van der Waals surface area contributed by atoms with E-state index < -0.39 is 6.17 Å². The zero-order valence-corrected chi connectivity index (χ0v) is 20.5. The Morgan fingerprint density at radius 3 is 2.82 bits per heavy atom. The molecule has 3 aromatic rings. The quantitative estimate of drug-likeness (QED) is 0.385. The van der Waals surface area contributed by atoms with Gasteiger partial charge in [-0.3, -0.25) is 4.98 Å². The van der Waals surface area contributed by atoms with Gasteiger partial charge in [-0.05, 0) is 75.4 Å². The van der Waals surface area contributed by atoms with E-state index in [9.17, 15) is 5.11 Å². The summed E-state index contributed by atoms with van der Waals surface area (Å²) in [6, 6.07) is 5.42. The molecule has 1 atom stereocenters. The molecular formula is C25H31ClFN3O2S.